The Balaban J connectivity index is 1.65. The number of imidazole rings is 1. The van der Waals surface area contributed by atoms with Gasteiger partial charge in [0.2, 0.25) is 0 Å². The molecule has 0 atom stereocenters. The zero-order valence-electron chi connectivity index (χ0n) is 13.1. The number of nitrogens with zero attached hydrogens (tertiary/aromatic N) is 2. The molecule has 126 valence electrons. The zero-order chi connectivity index (χ0) is 17.0. The van der Waals surface area contributed by atoms with Crippen LogP contribution in [0.5, 0.6) is 0 Å². The topological polar surface area (TPSA) is 93.5 Å². The van der Waals surface area contributed by atoms with Crippen molar-refractivity contribution in [3.8, 4) is 5.69 Å². The predicted octanol–water partition coefficient (Wildman–Crippen LogP) is 1.48. The highest BCUT2D eigenvalue weighted by Gasteiger charge is 2.40. The number of carbonyl (C=O) groups excluding carboxylic acids is 1. The molecule has 1 saturated heterocycles. The van der Waals surface area contributed by atoms with Crippen LogP contribution >= 0.6 is 0 Å². The minimum absolute atomic E-state index is 0.105. The number of rotatable bonds is 5. The van der Waals surface area contributed by atoms with Crippen LogP contribution in [-0.2, 0) is 9.53 Å². The van der Waals surface area contributed by atoms with E-state index in [1.165, 1.54) is 0 Å². The molecule has 0 saturated carbocycles. The summed E-state index contributed by atoms with van der Waals surface area (Å²) in [6.07, 6.45) is 5.98. The van der Waals surface area contributed by atoms with Gasteiger partial charge in [-0.1, -0.05) is 0 Å². The summed E-state index contributed by atoms with van der Waals surface area (Å²) in [6, 6.07) is 7.06. The number of ether oxygens (including phenoxy) is 1. The smallest absolute Gasteiger partial charge is 0.311 e. The van der Waals surface area contributed by atoms with Gasteiger partial charge in [-0.05, 0) is 37.1 Å². The molecule has 2 heterocycles. The number of aromatic nitrogens is 2. The van der Waals surface area contributed by atoms with E-state index in [1.54, 1.807) is 24.7 Å². The van der Waals surface area contributed by atoms with Gasteiger partial charge in [0.25, 0.3) is 5.91 Å². The lowest BCUT2D eigenvalue weighted by Crippen LogP contribution is -2.46. The van der Waals surface area contributed by atoms with Crippen molar-refractivity contribution in [2.75, 3.05) is 19.8 Å². The largest absolute Gasteiger partial charge is 0.481 e. The molecule has 1 aliphatic rings. The van der Waals surface area contributed by atoms with Crippen LogP contribution in [0.4, 0.5) is 0 Å². The summed E-state index contributed by atoms with van der Waals surface area (Å²) in [7, 11) is 0. The molecule has 1 aromatic carbocycles. The molecule has 1 amide bonds. The Morgan fingerprint density at radius 3 is 2.54 bits per heavy atom. The molecule has 0 radical (unpaired) electrons. The van der Waals surface area contributed by atoms with Crippen LogP contribution in [-0.4, -0.2) is 46.3 Å². The Kier molecular flexibility index (Phi) is 4.61. The van der Waals surface area contributed by atoms with E-state index < -0.39 is 11.4 Å². The molecule has 1 aromatic heterocycles. The van der Waals surface area contributed by atoms with Gasteiger partial charge in [-0.15, -0.1) is 0 Å². The molecule has 0 aliphatic carbocycles. The monoisotopic (exact) mass is 329 g/mol. The molecule has 1 aliphatic heterocycles. The molecule has 3 rings (SSSR count). The van der Waals surface area contributed by atoms with Crippen LogP contribution in [0.1, 0.15) is 23.2 Å². The molecule has 0 spiro atoms. The van der Waals surface area contributed by atoms with Crippen LogP contribution in [0.3, 0.4) is 0 Å². The first kappa shape index (κ1) is 16.2. The van der Waals surface area contributed by atoms with Gasteiger partial charge in [0.05, 0.1) is 11.7 Å². The number of nitrogens with one attached hydrogen (secondary N) is 1. The van der Waals surface area contributed by atoms with Crippen molar-refractivity contribution in [3.05, 3.63) is 48.5 Å². The fourth-order valence-electron chi connectivity index (χ4n) is 2.78. The lowest BCUT2D eigenvalue weighted by Gasteiger charge is -2.33. The van der Waals surface area contributed by atoms with Crippen molar-refractivity contribution < 1.29 is 19.4 Å². The fraction of sp³-hybridized carbons (Fsp3) is 0.353. The number of hydrogen-bond donors (Lipinski definition) is 2. The number of benzene rings is 1. The third-order valence-electron chi connectivity index (χ3n) is 4.42. The molecule has 0 bridgehead atoms. The number of hydrogen-bond acceptors (Lipinski definition) is 4. The Morgan fingerprint density at radius 2 is 1.96 bits per heavy atom. The van der Waals surface area contributed by atoms with Crippen molar-refractivity contribution in [3.63, 3.8) is 0 Å². The first-order chi connectivity index (χ1) is 11.6. The highest BCUT2D eigenvalue weighted by Crippen LogP contribution is 2.30. The van der Waals surface area contributed by atoms with Gasteiger partial charge in [-0.2, -0.15) is 0 Å². The minimum Gasteiger partial charge on any atom is -0.481 e. The molecule has 1 fully saturated rings. The maximum Gasteiger partial charge on any atom is 0.311 e. The van der Waals surface area contributed by atoms with E-state index in [0.29, 0.717) is 31.6 Å². The molecule has 7 heteroatoms. The summed E-state index contributed by atoms with van der Waals surface area (Å²) in [5.41, 5.74) is 0.451. The van der Waals surface area contributed by atoms with Crippen LogP contribution < -0.4 is 5.32 Å². The Bertz CT molecular complexity index is 704. The number of aliphatic carboxylic acids is 1. The van der Waals surface area contributed by atoms with E-state index in [9.17, 15) is 14.7 Å². The van der Waals surface area contributed by atoms with Crippen molar-refractivity contribution in [1.29, 1.82) is 0 Å². The zero-order valence-corrected chi connectivity index (χ0v) is 13.1. The van der Waals surface area contributed by atoms with E-state index in [-0.39, 0.29) is 12.5 Å². The Morgan fingerprint density at radius 1 is 1.25 bits per heavy atom. The maximum atomic E-state index is 12.3. The second kappa shape index (κ2) is 6.84. The lowest BCUT2D eigenvalue weighted by atomic mass is 9.80. The molecular weight excluding hydrogens is 310 g/mol. The Labute approximate surface area is 139 Å². The second-order valence-electron chi connectivity index (χ2n) is 5.90. The maximum absolute atomic E-state index is 12.3. The quantitative estimate of drug-likeness (QED) is 0.867. The van der Waals surface area contributed by atoms with Gasteiger partial charge < -0.3 is 19.7 Å². The normalized spacial score (nSPS) is 16.5. The van der Waals surface area contributed by atoms with E-state index in [4.69, 9.17) is 4.74 Å². The number of amides is 1. The Hall–Kier alpha value is -2.67. The molecule has 24 heavy (non-hydrogen) atoms. The van der Waals surface area contributed by atoms with E-state index in [1.807, 2.05) is 22.9 Å². The highest BCUT2D eigenvalue weighted by atomic mass is 16.5. The summed E-state index contributed by atoms with van der Waals surface area (Å²) < 4.78 is 7.07. The van der Waals surface area contributed by atoms with Gasteiger partial charge in [0, 0.05) is 43.4 Å². The predicted molar refractivity (Wildman–Crippen MR) is 86.0 cm³/mol. The number of carboxylic acid groups (broad SMARTS) is 1. The van der Waals surface area contributed by atoms with Crippen LogP contribution in [0.15, 0.2) is 43.0 Å². The third kappa shape index (κ3) is 3.30. The standard InChI is InChI=1S/C17H19N3O4/c21-15(19-11-17(16(22)23)5-9-24-10-6-17)13-1-3-14(4-2-13)20-8-7-18-12-20/h1-4,7-8,12H,5-6,9-11H2,(H,19,21)(H,22,23). The van der Waals surface area contributed by atoms with Crippen LogP contribution in [0.25, 0.3) is 5.69 Å². The molecular formula is C17H19N3O4. The summed E-state index contributed by atoms with van der Waals surface area (Å²) in [6.45, 7) is 0.914. The summed E-state index contributed by atoms with van der Waals surface area (Å²) >= 11 is 0. The second-order valence-corrected chi connectivity index (χ2v) is 5.90. The van der Waals surface area contributed by atoms with Crippen molar-refractivity contribution in [2.45, 2.75) is 12.8 Å². The molecule has 0 unspecified atom stereocenters. The summed E-state index contributed by atoms with van der Waals surface area (Å²) in [5.74, 6) is -1.17. The van der Waals surface area contributed by atoms with E-state index in [0.717, 1.165) is 5.69 Å². The average Bonchev–Trinajstić information content (AvgIpc) is 3.15. The van der Waals surface area contributed by atoms with E-state index in [2.05, 4.69) is 10.3 Å². The minimum atomic E-state index is -0.940. The van der Waals surface area contributed by atoms with Gasteiger partial charge in [-0.25, -0.2) is 4.98 Å². The SMILES string of the molecule is O=C(NCC1(C(=O)O)CCOCC1)c1ccc(-n2ccnc2)cc1. The van der Waals surface area contributed by atoms with Gasteiger partial charge >= 0.3 is 5.97 Å². The average molecular weight is 329 g/mol. The number of carboxylic acids is 1. The first-order valence-electron chi connectivity index (χ1n) is 7.78. The summed E-state index contributed by atoms with van der Waals surface area (Å²) in [4.78, 5) is 27.9. The lowest BCUT2D eigenvalue weighted by molar-refractivity contribution is -0.154. The first-order valence-corrected chi connectivity index (χ1v) is 7.78. The van der Waals surface area contributed by atoms with Crippen molar-refractivity contribution >= 4 is 11.9 Å². The van der Waals surface area contributed by atoms with Crippen LogP contribution in [0, 0.1) is 5.41 Å². The van der Waals surface area contributed by atoms with Crippen molar-refractivity contribution in [1.82, 2.24) is 14.9 Å². The van der Waals surface area contributed by atoms with Gasteiger partial charge in [-0.3, -0.25) is 9.59 Å². The van der Waals surface area contributed by atoms with Gasteiger partial charge in [0.15, 0.2) is 0 Å². The third-order valence-corrected chi connectivity index (χ3v) is 4.42. The fourth-order valence-corrected chi connectivity index (χ4v) is 2.78. The van der Waals surface area contributed by atoms with Crippen molar-refractivity contribution in [2.24, 2.45) is 5.41 Å². The van der Waals surface area contributed by atoms with Gasteiger partial charge in [0.1, 0.15) is 0 Å². The summed E-state index contributed by atoms with van der Waals surface area (Å²) in [5, 5.41) is 12.2. The molecule has 7 nitrogen and oxygen atoms in total. The van der Waals surface area contributed by atoms with Crippen LogP contribution in [0.2, 0.25) is 0 Å². The highest BCUT2D eigenvalue weighted by molar-refractivity contribution is 5.94. The molecule has 2 N–H and O–H groups in total. The molecule has 2 aromatic rings. The number of carbonyl (C=O) groups is 2. The van der Waals surface area contributed by atoms with E-state index >= 15 is 0 Å².